The standard InChI is InChI=1S/C25H34F2O/c1-28-23-15-14-22(24(26)25(23)27)21-12-10-20(11-13-21)19-8-6-18(7-9-19)16-17-4-2-3-5-17/h12,14-15,17-20H,2-11,13,16H2,1H3. The van der Waals surface area contributed by atoms with Gasteiger partial charge in [0.1, 0.15) is 0 Å². The molecule has 1 unspecified atom stereocenters. The molecule has 0 spiro atoms. The van der Waals surface area contributed by atoms with E-state index in [1.165, 1.54) is 71.0 Å². The van der Waals surface area contributed by atoms with Crippen LogP contribution >= 0.6 is 0 Å². The lowest BCUT2D eigenvalue weighted by Gasteiger charge is -2.36. The first-order valence-electron chi connectivity index (χ1n) is 11.4. The third-order valence-corrected chi connectivity index (χ3v) is 7.76. The Kier molecular flexibility index (Phi) is 6.38. The summed E-state index contributed by atoms with van der Waals surface area (Å²) in [5.41, 5.74) is 1.38. The summed E-state index contributed by atoms with van der Waals surface area (Å²) in [4.78, 5) is 0. The van der Waals surface area contributed by atoms with Gasteiger partial charge < -0.3 is 4.74 Å². The Hall–Kier alpha value is -1.38. The third kappa shape index (κ3) is 4.28. The highest BCUT2D eigenvalue weighted by atomic mass is 19.2. The number of hydrogen-bond acceptors (Lipinski definition) is 1. The Labute approximate surface area is 168 Å². The average Bonchev–Trinajstić information content (AvgIpc) is 3.24. The van der Waals surface area contributed by atoms with Gasteiger partial charge in [-0.25, -0.2) is 4.39 Å². The van der Waals surface area contributed by atoms with Crippen LogP contribution in [0.1, 0.15) is 82.6 Å². The van der Waals surface area contributed by atoms with Crippen LogP contribution in [-0.4, -0.2) is 7.11 Å². The van der Waals surface area contributed by atoms with Crippen molar-refractivity contribution in [2.75, 3.05) is 7.11 Å². The molecule has 3 aliphatic rings. The summed E-state index contributed by atoms with van der Waals surface area (Å²) in [6, 6.07) is 3.20. The fourth-order valence-corrected chi connectivity index (χ4v) is 6.08. The number of rotatable bonds is 5. The predicted octanol–water partition coefficient (Wildman–Crippen LogP) is 7.54. The molecule has 4 rings (SSSR count). The summed E-state index contributed by atoms with van der Waals surface area (Å²) in [6.45, 7) is 0. The van der Waals surface area contributed by atoms with Gasteiger partial charge in [-0.1, -0.05) is 44.6 Å². The molecule has 2 saturated carbocycles. The van der Waals surface area contributed by atoms with Crippen LogP contribution in [0.4, 0.5) is 8.78 Å². The minimum absolute atomic E-state index is 0.0232. The van der Waals surface area contributed by atoms with Gasteiger partial charge in [-0.15, -0.1) is 0 Å². The van der Waals surface area contributed by atoms with E-state index in [1.807, 2.05) is 0 Å². The SMILES string of the molecule is COc1ccc(C2=CCC(C3CCC(CC4CCCC4)CC3)CC2)c(F)c1F. The first-order valence-corrected chi connectivity index (χ1v) is 11.4. The first-order chi connectivity index (χ1) is 13.7. The van der Waals surface area contributed by atoms with Crippen molar-refractivity contribution in [3.63, 3.8) is 0 Å². The number of methoxy groups -OCH3 is 1. The largest absolute Gasteiger partial charge is 0.494 e. The van der Waals surface area contributed by atoms with Crippen molar-refractivity contribution in [2.24, 2.45) is 23.7 Å². The molecule has 2 fully saturated rings. The topological polar surface area (TPSA) is 9.23 Å². The minimum Gasteiger partial charge on any atom is -0.494 e. The molecule has 1 nitrogen and oxygen atoms in total. The van der Waals surface area contributed by atoms with Crippen molar-refractivity contribution in [1.82, 2.24) is 0 Å². The van der Waals surface area contributed by atoms with Crippen LogP contribution in [0, 0.1) is 35.3 Å². The van der Waals surface area contributed by atoms with Gasteiger partial charge in [0, 0.05) is 5.56 Å². The molecule has 0 N–H and O–H groups in total. The molecule has 0 aromatic heterocycles. The normalized spacial score (nSPS) is 29.0. The minimum atomic E-state index is -0.872. The lowest BCUT2D eigenvalue weighted by Crippen LogP contribution is -2.24. The van der Waals surface area contributed by atoms with Gasteiger partial charge in [-0.05, 0) is 79.9 Å². The summed E-state index contributed by atoms with van der Waals surface area (Å²) in [7, 11) is 1.37. The van der Waals surface area contributed by atoms with E-state index in [4.69, 9.17) is 4.74 Å². The zero-order chi connectivity index (χ0) is 19.5. The van der Waals surface area contributed by atoms with E-state index in [0.29, 0.717) is 5.56 Å². The fraction of sp³-hybridized carbons (Fsp3) is 0.680. The maximum absolute atomic E-state index is 14.4. The van der Waals surface area contributed by atoms with Gasteiger partial charge in [0.05, 0.1) is 7.11 Å². The van der Waals surface area contributed by atoms with Gasteiger partial charge in [0.25, 0.3) is 0 Å². The Balaban J connectivity index is 1.31. The number of allylic oxidation sites excluding steroid dienone is 2. The zero-order valence-corrected chi connectivity index (χ0v) is 17.2. The quantitative estimate of drug-likeness (QED) is 0.506. The van der Waals surface area contributed by atoms with E-state index >= 15 is 0 Å². The molecule has 0 heterocycles. The molecule has 0 saturated heterocycles. The molecule has 1 aromatic carbocycles. The predicted molar refractivity (Wildman–Crippen MR) is 110 cm³/mol. The molecule has 0 bridgehead atoms. The van der Waals surface area contributed by atoms with Crippen molar-refractivity contribution < 1.29 is 13.5 Å². The van der Waals surface area contributed by atoms with Gasteiger partial charge in [-0.3, -0.25) is 0 Å². The van der Waals surface area contributed by atoms with Crippen molar-refractivity contribution >= 4 is 5.57 Å². The number of hydrogen-bond donors (Lipinski definition) is 0. The summed E-state index contributed by atoms with van der Waals surface area (Å²) < 4.78 is 33.3. The molecule has 0 amide bonds. The maximum Gasteiger partial charge on any atom is 0.201 e. The van der Waals surface area contributed by atoms with Gasteiger partial charge in [0.2, 0.25) is 5.82 Å². The molecule has 28 heavy (non-hydrogen) atoms. The first kappa shape index (κ1) is 19.9. The number of benzene rings is 1. The number of ether oxygens (including phenoxy) is 1. The highest BCUT2D eigenvalue weighted by Gasteiger charge is 2.31. The second kappa shape index (κ2) is 8.97. The molecule has 154 valence electrons. The van der Waals surface area contributed by atoms with Crippen LogP contribution in [0.15, 0.2) is 18.2 Å². The Bertz CT molecular complexity index is 697. The number of halogens is 2. The molecule has 0 radical (unpaired) electrons. The van der Waals surface area contributed by atoms with Crippen LogP contribution in [0.5, 0.6) is 5.75 Å². The Morgan fingerprint density at radius 1 is 0.857 bits per heavy atom. The zero-order valence-electron chi connectivity index (χ0n) is 17.2. The molecule has 1 atom stereocenters. The average molecular weight is 389 g/mol. The van der Waals surface area contributed by atoms with E-state index in [1.54, 1.807) is 6.07 Å². The van der Waals surface area contributed by atoms with Crippen LogP contribution < -0.4 is 4.74 Å². The molecular weight excluding hydrogens is 354 g/mol. The molecule has 3 aliphatic carbocycles. The second-order valence-corrected chi connectivity index (χ2v) is 9.37. The van der Waals surface area contributed by atoms with E-state index in [9.17, 15) is 8.78 Å². The summed E-state index contributed by atoms with van der Waals surface area (Å²) in [6.07, 6.45) is 18.0. The summed E-state index contributed by atoms with van der Waals surface area (Å²) in [5.74, 6) is 1.87. The van der Waals surface area contributed by atoms with E-state index < -0.39 is 11.6 Å². The van der Waals surface area contributed by atoms with Gasteiger partial charge in [-0.2, -0.15) is 4.39 Å². The molecule has 3 heteroatoms. The Morgan fingerprint density at radius 2 is 1.57 bits per heavy atom. The highest BCUT2D eigenvalue weighted by Crippen LogP contribution is 2.44. The van der Waals surface area contributed by atoms with E-state index in [2.05, 4.69) is 6.08 Å². The second-order valence-electron chi connectivity index (χ2n) is 9.37. The van der Waals surface area contributed by atoms with Crippen LogP contribution in [0.25, 0.3) is 5.57 Å². The third-order valence-electron chi connectivity index (χ3n) is 7.76. The van der Waals surface area contributed by atoms with Crippen molar-refractivity contribution in [3.05, 3.63) is 35.4 Å². The molecule has 1 aromatic rings. The van der Waals surface area contributed by atoms with Gasteiger partial charge >= 0.3 is 0 Å². The van der Waals surface area contributed by atoms with Crippen molar-refractivity contribution in [3.8, 4) is 5.75 Å². The molecule has 0 aliphatic heterocycles. The van der Waals surface area contributed by atoms with Gasteiger partial charge in [0.15, 0.2) is 11.6 Å². The maximum atomic E-state index is 14.4. The Morgan fingerprint density at radius 3 is 2.21 bits per heavy atom. The monoisotopic (exact) mass is 388 g/mol. The van der Waals surface area contributed by atoms with Crippen LogP contribution in [0.3, 0.4) is 0 Å². The summed E-state index contributed by atoms with van der Waals surface area (Å²) >= 11 is 0. The highest BCUT2D eigenvalue weighted by molar-refractivity contribution is 5.67. The lowest BCUT2D eigenvalue weighted by molar-refractivity contribution is 0.177. The molecular formula is C25H34F2O. The smallest absolute Gasteiger partial charge is 0.201 e. The van der Waals surface area contributed by atoms with Crippen LogP contribution in [-0.2, 0) is 0 Å². The van der Waals surface area contributed by atoms with Crippen LogP contribution in [0.2, 0.25) is 0 Å². The lowest BCUT2D eigenvalue weighted by atomic mass is 9.69. The summed E-state index contributed by atoms with van der Waals surface area (Å²) in [5, 5.41) is 0. The fourth-order valence-electron chi connectivity index (χ4n) is 6.08. The van der Waals surface area contributed by atoms with Crippen molar-refractivity contribution in [1.29, 1.82) is 0 Å². The van der Waals surface area contributed by atoms with E-state index in [0.717, 1.165) is 48.5 Å². The van der Waals surface area contributed by atoms with Crippen molar-refractivity contribution in [2.45, 2.75) is 77.0 Å². The van der Waals surface area contributed by atoms with E-state index in [-0.39, 0.29) is 5.75 Å².